The summed E-state index contributed by atoms with van der Waals surface area (Å²) in [6.45, 7) is 4.38. The Morgan fingerprint density at radius 3 is 2.69 bits per heavy atom. The molecule has 0 aliphatic carbocycles. The molecule has 0 fully saturated rings. The zero-order valence-corrected chi connectivity index (χ0v) is 15.1. The van der Waals surface area contributed by atoms with E-state index < -0.39 is 11.3 Å². The van der Waals surface area contributed by atoms with Gasteiger partial charge < -0.3 is 4.90 Å². The number of hydrogen-bond donors (Lipinski definition) is 0. The van der Waals surface area contributed by atoms with Crippen molar-refractivity contribution < 1.29 is 4.79 Å². The first-order chi connectivity index (χ1) is 12.5. The molecule has 2 aromatic carbocycles. The van der Waals surface area contributed by atoms with E-state index in [1.165, 1.54) is 4.68 Å². The topological polar surface area (TPSA) is 55.2 Å². The quantitative estimate of drug-likeness (QED) is 0.649. The Bertz CT molecular complexity index is 1030. The van der Waals surface area contributed by atoms with Gasteiger partial charge in [-0.3, -0.25) is 14.3 Å². The molecule has 0 unspecified atom stereocenters. The van der Waals surface area contributed by atoms with Crippen LogP contribution in [0, 0.1) is 0 Å². The van der Waals surface area contributed by atoms with Crippen LogP contribution in [-0.4, -0.2) is 27.1 Å². The summed E-state index contributed by atoms with van der Waals surface area (Å²) in [6, 6.07) is 14.5. The standard InChI is InChI=1S/C20H18ClN3O2/c1-3-11-24(13-14-7-5-4-6-8-14)20(26)18-19(25)16-12-15(21)9-10-17(16)23(2)22-18/h3-10,12H,1,11,13H2,2H3. The molecule has 0 N–H and O–H groups in total. The fourth-order valence-electron chi connectivity index (χ4n) is 2.82. The average molecular weight is 368 g/mol. The first-order valence-corrected chi connectivity index (χ1v) is 8.49. The van der Waals surface area contributed by atoms with Crippen LogP contribution in [-0.2, 0) is 13.6 Å². The molecule has 0 atom stereocenters. The van der Waals surface area contributed by atoms with Gasteiger partial charge in [0, 0.05) is 25.2 Å². The number of hydrogen-bond acceptors (Lipinski definition) is 3. The molecule has 3 rings (SSSR count). The molecule has 1 heterocycles. The molecule has 6 heteroatoms. The number of benzene rings is 2. The Balaban J connectivity index is 2.05. The molecule has 3 aromatic rings. The summed E-state index contributed by atoms with van der Waals surface area (Å²) < 4.78 is 1.52. The molecule has 0 aliphatic heterocycles. The van der Waals surface area contributed by atoms with Crippen LogP contribution in [0.4, 0.5) is 0 Å². The number of halogens is 1. The van der Waals surface area contributed by atoms with Crippen molar-refractivity contribution in [2.45, 2.75) is 6.54 Å². The average Bonchev–Trinajstić information content (AvgIpc) is 2.64. The molecule has 26 heavy (non-hydrogen) atoms. The smallest absolute Gasteiger partial charge is 0.278 e. The maximum atomic E-state index is 13.0. The second-order valence-electron chi connectivity index (χ2n) is 5.92. The minimum absolute atomic E-state index is 0.125. The fourth-order valence-corrected chi connectivity index (χ4v) is 2.99. The summed E-state index contributed by atoms with van der Waals surface area (Å²) in [7, 11) is 1.70. The Kier molecular flexibility index (Phi) is 5.19. The molecule has 0 saturated carbocycles. The lowest BCUT2D eigenvalue weighted by Crippen LogP contribution is -2.36. The number of amides is 1. The van der Waals surface area contributed by atoms with Crippen molar-refractivity contribution in [1.29, 1.82) is 0 Å². The Labute approximate surface area is 156 Å². The highest BCUT2D eigenvalue weighted by Crippen LogP contribution is 2.16. The summed E-state index contributed by atoms with van der Waals surface area (Å²) in [5, 5.41) is 5.02. The molecule has 0 aliphatic rings. The van der Waals surface area contributed by atoms with Gasteiger partial charge in [0.15, 0.2) is 5.69 Å². The SMILES string of the molecule is C=CCN(Cc1ccccc1)C(=O)c1nn(C)c2ccc(Cl)cc2c1=O. The van der Waals surface area contributed by atoms with E-state index in [1.54, 1.807) is 36.2 Å². The van der Waals surface area contributed by atoms with Crippen molar-refractivity contribution >= 4 is 28.4 Å². The summed E-state index contributed by atoms with van der Waals surface area (Å²) >= 11 is 6.02. The molecular weight excluding hydrogens is 350 g/mol. The summed E-state index contributed by atoms with van der Waals surface area (Å²) in [5.74, 6) is -0.434. The van der Waals surface area contributed by atoms with Crippen LogP contribution in [0.1, 0.15) is 16.1 Å². The Morgan fingerprint density at radius 2 is 2.00 bits per heavy atom. The molecule has 0 bridgehead atoms. The molecule has 0 radical (unpaired) electrons. The Morgan fingerprint density at radius 1 is 1.27 bits per heavy atom. The molecule has 132 valence electrons. The maximum absolute atomic E-state index is 13.0. The predicted molar refractivity (Wildman–Crippen MR) is 103 cm³/mol. The third-order valence-electron chi connectivity index (χ3n) is 4.07. The van der Waals surface area contributed by atoms with Crippen LogP contribution in [0.2, 0.25) is 5.02 Å². The lowest BCUT2D eigenvalue weighted by molar-refractivity contribution is 0.0753. The highest BCUT2D eigenvalue weighted by atomic mass is 35.5. The van der Waals surface area contributed by atoms with Gasteiger partial charge in [-0.05, 0) is 23.8 Å². The third kappa shape index (κ3) is 3.53. The van der Waals surface area contributed by atoms with E-state index in [0.29, 0.717) is 29.0 Å². The van der Waals surface area contributed by atoms with Crippen molar-refractivity contribution in [1.82, 2.24) is 14.7 Å². The van der Waals surface area contributed by atoms with Crippen molar-refractivity contribution in [3.63, 3.8) is 0 Å². The number of carbonyl (C=O) groups excluding carboxylic acids is 1. The van der Waals surface area contributed by atoms with Crippen LogP contribution in [0.5, 0.6) is 0 Å². The summed E-state index contributed by atoms with van der Waals surface area (Å²) in [5.41, 5.74) is 1.03. The zero-order valence-electron chi connectivity index (χ0n) is 14.4. The van der Waals surface area contributed by atoms with Crippen LogP contribution in [0.15, 0.2) is 66.0 Å². The van der Waals surface area contributed by atoms with Crippen LogP contribution < -0.4 is 5.43 Å². The highest BCUT2D eigenvalue weighted by molar-refractivity contribution is 6.31. The van der Waals surface area contributed by atoms with Crippen molar-refractivity contribution in [3.05, 3.63) is 87.7 Å². The first-order valence-electron chi connectivity index (χ1n) is 8.12. The van der Waals surface area contributed by atoms with E-state index in [4.69, 9.17) is 11.6 Å². The molecule has 1 aromatic heterocycles. The minimum atomic E-state index is -0.434. The minimum Gasteiger partial charge on any atom is -0.329 e. The van der Waals surface area contributed by atoms with Crippen molar-refractivity contribution in [2.75, 3.05) is 6.54 Å². The molecular formula is C20H18ClN3O2. The van der Waals surface area contributed by atoms with Crippen LogP contribution in [0.3, 0.4) is 0 Å². The second kappa shape index (κ2) is 7.54. The first kappa shape index (κ1) is 17.9. The van der Waals surface area contributed by atoms with Gasteiger partial charge in [0.1, 0.15) is 0 Å². The van der Waals surface area contributed by atoms with Gasteiger partial charge in [-0.25, -0.2) is 0 Å². The normalized spacial score (nSPS) is 10.7. The van der Waals surface area contributed by atoms with E-state index in [2.05, 4.69) is 11.7 Å². The zero-order chi connectivity index (χ0) is 18.7. The summed E-state index contributed by atoms with van der Waals surface area (Å²) in [4.78, 5) is 27.4. The van der Waals surface area contributed by atoms with Crippen LogP contribution in [0.25, 0.3) is 10.9 Å². The number of carbonyl (C=O) groups is 1. The predicted octanol–water partition coefficient (Wildman–Crippen LogP) is 3.42. The molecule has 0 saturated heterocycles. The summed E-state index contributed by atoms with van der Waals surface area (Å²) in [6.07, 6.45) is 1.63. The van der Waals surface area contributed by atoms with E-state index >= 15 is 0 Å². The van der Waals surface area contributed by atoms with E-state index in [-0.39, 0.29) is 5.69 Å². The number of aryl methyl sites for hydroxylation is 1. The van der Waals surface area contributed by atoms with Gasteiger partial charge in [0.2, 0.25) is 5.43 Å². The highest BCUT2D eigenvalue weighted by Gasteiger charge is 2.22. The lowest BCUT2D eigenvalue weighted by Gasteiger charge is -2.21. The van der Waals surface area contributed by atoms with Gasteiger partial charge >= 0.3 is 0 Å². The number of aromatic nitrogens is 2. The number of fused-ring (bicyclic) bond motifs is 1. The van der Waals surface area contributed by atoms with Crippen molar-refractivity contribution in [3.8, 4) is 0 Å². The van der Waals surface area contributed by atoms with Crippen molar-refractivity contribution in [2.24, 2.45) is 7.05 Å². The maximum Gasteiger partial charge on any atom is 0.278 e. The van der Waals surface area contributed by atoms with E-state index in [1.807, 2.05) is 30.3 Å². The number of rotatable bonds is 5. The van der Waals surface area contributed by atoms with Gasteiger partial charge in [-0.15, -0.1) is 6.58 Å². The molecule has 0 spiro atoms. The monoisotopic (exact) mass is 367 g/mol. The largest absolute Gasteiger partial charge is 0.329 e. The van der Waals surface area contributed by atoms with E-state index in [0.717, 1.165) is 5.56 Å². The fraction of sp³-hybridized carbons (Fsp3) is 0.150. The molecule has 1 amide bonds. The lowest BCUT2D eigenvalue weighted by atomic mass is 10.1. The van der Waals surface area contributed by atoms with Gasteiger partial charge in [0.25, 0.3) is 5.91 Å². The van der Waals surface area contributed by atoms with Gasteiger partial charge in [0.05, 0.1) is 10.9 Å². The van der Waals surface area contributed by atoms with Gasteiger partial charge in [-0.1, -0.05) is 48.0 Å². The van der Waals surface area contributed by atoms with Gasteiger partial charge in [-0.2, -0.15) is 5.10 Å². The van der Waals surface area contributed by atoms with E-state index in [9.17, 15) is 9.59 Å². The van der Waals surface area contributed by atoms with Crippen LogP contribution >= 0.6 is 11.6 Å². The second-order valence-corrected chi connectivity index (χ2v) is 6.36. The third-order valence-corrected chi connectivity index (χ3v) is 4.31. The molecule has 5 nitrogen and oxygen atoms in total. The Hall–Kier alpha value is -2.92. The number of nitrogens with zero attached hydrogens (tertiary/aromatic N) is 3.